The Morgan fingerprint density at radius 2 is 1.77 bits per heavy atom. The highest BCUT2D eigenvalue weighted by atomic mass is 16.5. The molecule has 0 radical (unpaired) electrons. The quantitative estimate of drug-likeness (QED) is 0.403. The molecule has 1 aromatic heterocycles. The van der Waals surface area contributed by atoms with Gasteiger partial charge in [0.25, 0.3) is 0 Å². The van der Waals surface area contributed by atoms with Crippen LogP contribution < -0.4 is 21.5 Å². The van der Waals surface area contributed by atoms with Crippen LogP contribution in [0.5, 0.6) is 0 Å². The van der Waals surface area contributed by atoms with Crippen LogP contribution >= 0.6 is 0 Å². The summed E-state index contributed by atoms with van der Waals surface area (Å²) in [6.45, 7) is 0. The number of hydrogen-bond acceptors (Lipinski definition) is 8. The SMILES string of the molecule is COC(=O)c1ccccc1N(C)c1ncnc(NNC(=O)Cc2ccccc2)c1N. The highest BCUT2D eigenvalue weighted by Crippen LogP contribution is 2.32. The molecule has 0 spiro atoms. The van der Waals surface area contributed by atoms with Crippen LogP contribution in [0.15, 0.2) is 60.9 Å². The van der Waals surface area contributed by atoms with Crippen LogP contribution in [0, 0.1) is 0 Å². The van der Waals surface area contributed by atoms with Crippen molar-refractivity contribution in [2.75, 3.05) is 30.2 Å². The van der Waals surface area contributed by atoms with Gasteiger partial charge in [0.1, 0.15) is 12.0 Å². The van der Waals surface area contributed by atoms with Gasteiger partial charge in [0, 0.05) is 7.05 Å². The molecule has 9 heteroatoms. The molecule has 3 aromatic rings. The van der Waals surface area contributed by atoms with E-state index in [0.29, 0.717) is 17.1 Å². The highest BCUT2D eigenvalue weighted by Gasteiger charge is 2.19. The van der Waals surface area contributed by atoms with Crippen molar-refractivity contribution in [2.24, 2.45) is 0 Å². The van der Waals surface area contributed by atoms with Crippen molar-refractivity contribution < 1.29 is 14.3 Å². The standard InChI is InChI=1S/C21H22N6O3/c1-27(16-11-7-6-10-15(16)21(29)30-2)20-18(22)19(23-13-24-20)26-25-17(28)12-14-8-4-3-5-9-14/h3-11,13H,12,22H2,1-2H3,(H,25,28)(H,23,24,26). The Balaban J connectivity index is 1.77. The predicted octanol–water partition coefficient (Wildman–Crippen LogP) is 2.30. The summed E-state index contributed by atoms with van der Waals surface area (Å²) >= 11 is 0. The molecule has 0 aliphatic rings. The van der Waals surface area contributed by atoms with Crippen molar-refractivity contribution in [1.29, 1.82) is 0 Å². The van der Waals surface area contributed by atoms with Gasteiger partial charge in [0.2, 0.25) is 5.91 Å². The number of esters is 1. The first-order valence-corrected chi connectivity index (χ1v) is 9.11. The lowest BCUT2D eigenvalue weighted by Gasteiger charge is -2.23. The Labute approximate surface area is 173 Å². The first-order valence-electron chi connectivity index (χ1n) is 9.11. The zero-order valence-electron chi connectivity index (χ0n) is 16.6. The average Bonchev–Trinajstić information content (AvgIpc) is 2.78. The maximum absolute atomic E-state index is 12.2. The van der Waals surface area contributed by atoms with Crippen molar-refractivity contribution in [3.63, 3.8) is 0 Å². The van der Waals surface area contributed by atoms with Crippen LogP contribution in [0.4, 0.5) is 23.0 Å². The number of ether oxygens (including phenoxy) is 1. The van der Waals surface area contributed by atoms with Crippen molar-refractivity contribution in [3.8, 4) is 0 Å². The minimum absolute atomic E-state index is 0.206. The van der Waals surface area contributed by atoms with E-state index in [-0.39, 0.29) is 23.8 Å². The van der Waals surface area contributed by atoms with Gasteiger partial charge in [0.05, 0.1) is 24.8 Å². The van der Waals surface area contributed by atoms with Gasteiger partial charge < -0.3 is 15.4 Å². The van der Waals surface area contributed by atoms with Crippen LogP contribution in [0.3, 0.4) is 0 Å². The summed E-state index contributed by atoms with van der Waals surface area (Å²) in [4.78, 5) is 34.2. The summed E-state index contributed by atoms with van der Waals surface area (Å²) in [7, 11) is 3.04. The number of para-hydroxylation sites is 1. The van der Waals surface area contributed by atoms with E-state index in [1.807, 2.05) is 30.3 Å². The normalized spacial score (nSPS) is 10.2. The first kappa shape index (κ1) is 20.6. The van der Waals surface area contributed by atoms with Crippen LogP contribution in [-0.4, -0.2) is 36.0 Å². The number of amides is 1. The summed E-state index contributed by atoms with van der Waals surface area (Å²) < 4.78 is 4.84. The summed E-state index contributed by atoms with van der Waals surface area (Å²) in [5, 5.41) is 0. The predicted molar refractivity (Wildman–Crippen MR) is 114 cm³/mol. The Morgan fingerprint density at radius 3 is 2.50 bits per heavy atom. The molecule has 1 heterocycles. The molecule has 0 aliphatic carbocycles. The molecule has 0 unspecified atom stereocenters. The van der Waals surface area contributed by atoms with Gasteiger partial charge >= 0.3 is 5.97 Å². The van der Waals surface area contributed by atoms with Gasteiger partial charge in [-0.1, -0.05) is 42.5 Å². The third-order valence-electron chi connectivity index (χ3n) is 4.38. The second kappa shape index (κ2) is 9.37. The molecule has 0 atom stereocenters. The van der Waals surface area contributed by atoms with Gasteiger partial charge in [-0.3, -0.25) is 15.6 Å². The Kier molecular flexibility index (Phi) is 6.43. The van der Waals surface area contributed by atoms with E-state index in [0.717, 1.165) is 5.56 Å². The molecule has 0 saturated heterocycles. The molecule has 30 heavy (non-hydrogen) atoms. The lowest BCUT2D eigenvalue weighted by Crippen LogP contribution is -2.32. The first-order chi connectivity index (χ1) is 14.5. The van der Waals surface area contributed by atoms with Gasteiger partial charge in [-0.2, -0.15) is 0 Å². The third kappa shape index (κ3) is 4.64. The number of benzene rings is 2. The van der Waals surface area contributed by atoms with Gasteiger partial charge in [-0.15, -0.1) is 0 Å². The number of hydrazine groups is 1. The molecule has 1 amide bonds. The van der Waals surface area contributed by atoms with Gasteiger partial charge in [-0.05, 0) is 17.7 Å². The summed E-state index contributed by atoms with van der Waals surface area (Å²) in [5.41, 5.74) is 13.6. The fourth-order valence-corrected chi connectivity index (χ4v) is 2.87. The molecule has 0 bridgehead atoms. The molecule has 154 valence electrons. The largest absolute Gasteiger partial charge is 0.465 e. The van der Waals surface area contributed by atoms with E-state index < -0.39 is 5.97 Å². The molecule has 9 nitrogen and oxygen atoms in total. The zero-order valence-corrected chi connectivity index (χ0v) is 16.6. The molecule has 3 rings (SSSR count). The number of aromatic nitrogens is 2. The van der Waals surface area contributed by atoms with Crippen molar-refractivity contribution in [2.45, 2.75) is 6.42 Å². The van der Waals surface area contributed by atoms with Crippen LogP contribution in [0.25, 0.3) is 0 Å². The number of methoxy groups -OCH3 is 1. The van der Waals surface area contributed by atoms with Gasteiger partial charge in [0.15, 0.2) is 11.6 Å². The molecule has 0 fully saturated rings. The van der Waals surface area contributed by atoms with E-state index in [2.05, 4.69) is 20.8 Å². The highest BCUT2D eigenvalue weighted by molar-refractivity contribution is 5.97. The fourth-order valence-electron chi connectivity index (χ4n) is 2.87. The maximum Gasteiger partial charge on any atom is 0.339 e. The van der Waals surface area contributed by atoms with Crippen LogP contribution in [0.2, 0.25) is 0 Å². The number of carbonyl (C=O) groups is 2. The smallest absolute Gasteiger partial charge is 0.339 e. The number of nitrogens with two attached hydrogens (primary N) is 1. The Morgan fingerprint density at radius 1 is 1.07 bits per heavy atom. The number of hydrogen-bond donors (Lipinski definition) is 3. The molecule has 4 N–H and O–H groups in total. The third-order valence-corrected chi connectivity index (χ3v) is 4.38. The molecular weight excluding hydrogens is 384 g/mol. The number of rotatable bonds is 7. The fraction of sp³-hybridized carbons (Fsp3) is 0.143. The average molecular weight is 406 g/mol. The summed E-state index contributed by atoms with van der Waals surface area (Å²) in [6.07, 6.45) is 1.52. The molecule has 2 aromatic carbocycles. The van der Waals surface area contributed by atoms with Crippen LogP contribution in [-0.2, 0) is 16.0 Å². The van der Waals surface area contributed by atoms with E-state index in [4.69, 9.17) is 10.5 Å². The lowest BCUT2D eigenvalue weighted by atomic mass is 10.1. The molecule has 0 saturated carbocycles. The van der Waals surface area contributed by atoms with Crippen molar-refractivity contribution >= 4 is 34.9 Å². The van der Waals surface area contributed by atoms with E-state index >= 15 is 0 Å². The number of nitrogens with zero attached hydrogens (tertiary/aromatic N) is 3. The second-order valence-corrected chi connectivity index (χ2v) is 6.36. The monoisotopic (exact) mass is 406 g/mol. The van der Waals surface area contributed by atoms with E-state index in [1.165, 1.54) is 13.4 Å². The summed E-state index contributed by atoms with van der Waals surface area (Å²) in [5.74, 6) is -0.119. The minimum atomic E-state index is -0.475. The van der Waals surface area contributed by atoms with Crippen LogP contribution in [0.1, 0.15) is 15.9 Å². The summed E-state index contributed by atoms with van der Waals surface area (Å²) in [6, 6.07) is 16.3. The number of anilines is 4. The van der Waals surface area contributed by atoms with Crippen molar-refractivity contribution in [3.05, 3.63) is 72.1 Å². The second-order valence-electron chi connectivity index (χ2n) is 6.36. The lowest BCUT2D eigenvalue weighted by molar-refractivity contribution is -0.119. The van der Waals surface area contributed by atoms with E-state index in [9.17, 15) is 9.59 Å². The zero-order chi connectivity index (χ0) is 21.5. The topological polar surface area (TPSA) is 122 Å². The Bertz CT molecular complexity index is 1040. The minimum Gasteiger partial charge on any atom is -0.465 e. The molecular formula is C21H22N6O3. The Hall–Kier alpha value is -4.14. The molecule has 0 aliphatic heterocycles. The number of nitrogens with one attached hydrogen (secondary N) is 2. The van der Waals surface area contributed by atoms with E-state index in [1.54, 1.807) is 36.2 Å². The maximum atomic E-state index is 12.2. The van der Waals surface area contributed by atoms with Gasteiger partial charge in [-0.25, -0.2) is 14.8 Å². The number of carbonyl (C=O) groups excluding carboxylic acids is 2. The van der Waals surface area contributed by atoms with Crippen molar-refractivity contribution in [1.82, 2.24) is 15.4 Å². The number of nitrogen functional groups attached to an aromatic ring is 1.